The summed E-state index contributed by atoms with van der Waals surface area (Å²) < 4.78 is 7.36. The quantitative estimate of drug-likeness (QED) is 0.685. The van der Waals surface area contributed by atoms with Crippen LogP contribution in [0.25, 0.3) is 5.69 Å². The van der Waals surface area contributed by atoms with Gasteiger partial charge in [0.2, 0.25) is 0 Å². The molecule has 6 bridgehead atoms. The number of ether oxygens (including phenoxy) is 1. The average Bonchev–Trinajstić information content (AvgIpc) is 3.00. The highest BCUT2D eigenvalue weighted by Crippen LogP contribution is 2.28. The van der Waals surface area contributed by atoms with E-state index in [1.807, 2.05) is 42.7 Å². The van der Waals surface area contributed by atoms with E-state index in [1.165, 1.54) is 18.3 Å². The van der Waals surface area contributed by atoms with Crippen LogP contribution in [0.5, 0.6) is 5.75 Å². The van der Waals surface area contributed by atoms with Gasteiger partial charge in [-0.15, -0.1) is 0 Å². The molecule has 0 spiro atoms. The fourth-order valence-electron chi connectivity index (χ4n) is 3.83. The van der Waals surface area contributed by atoms with E-state index >= 15 is 0 Å². The van der Waals surface area contributed by atoms with Gasteiger partial charge in [-0.1, -0.05) is 6.07 Å². The van der Waals surface area contributed by atoms with Crippen LogP contribution >= 0.6 is 0 Å². The lowest BCUT2D eigenvalue weighted by atomic mass is 10.0. The number of carboxylic acids is 1. The van der Waals surface area contributed by atoms with Gasteiger partial charge in [-0.05, 0) is 67.8 Å². The number of nitrogens with one attached hydrogen (secondary N) is 1. The molecule has 0 saturated heterocycles. The maximum absolute atomic E-state index is 12.6. The second-order valence-corrected chi connectivity index (χ2v) is 7.22. The number of fused-ring (bicyclic) bond motifs is 4. The number of rotatable bonds is 2. The highest BCUT2D eigenvalue weighted by Gasteiger charge is 2.20. The first-order valence-corrected chi connectivity index (χ1v) is 9.45. The molecule has 0 saturated carbocycles. The SMILES string of the molecule is COc1cc2ccc1/C=N/NC(=O)c1ccc(C(=O)O)c(c1)-n1c(C)cc(c1C)C2. The predicted octanol–water partition coefficient (Wildman–Crippen LogP) is 3.47. The Morgan fingerprint density at radius 3 is 2.70 bits per heavy atom. The molecule has 0 radical (unpaired) electrons. The molecule has 30 heavy (non-hydrogen) atoms. The van der Waals surface area contributed by atoms with Crippen molar-refractivity contribution in [3.05, 3.63) is 81.7 Å². The van der Waals surface area contributed by atoms with Crippen LogP contribution < -0.4 is 10.2 Å². The molecule has 3 heterocycles. The minimum Gasteiger partial charge on any atom is -0.496 e. The molecule has 0 atom stereocenters. The van der Waals surface area contributed by atoms with Crippen LogP contribution in [0.1, 0.15) is 48.8 Å². The first-order valence-electron chi connectivity index (χ1n) is 9.45. The van der Waals surface area contributed by atoms with E-state index in [0.717, 1.165) is 28.1 Å². The zero-order chi connectivity index (χ0) is 21.4. The topological polar surface area (TPSA) is 92.9 Å². The summed E-state index contributed by atoms with van der Waals surface area (Å²) in [5.41, 5.74) is 8.04. The maximum Gasteiger partial charge on any atom is 0.337 e. The van der Waals surface area contributed by atoms with Crippen molar-refractivity contribution in [1.82, 2.24) is 9.99 Å². The lowest BCUT2D eigenvalue weighted by molar-refractivity contribution is 0.0696. The Hall–Kier alpha value is -3.87. The van der Waals surface area contributed by atoms with Crippen molar-refractivity contribution in [2.45, 2.75) is 20.3 Å². The van der Waals surface area contributed by atoms with Gasteiger partial charge < -0.3 is 14.4 Å². The van der Waals surface area contributed by atoms with E-state index in [9.17, 15) is 14.7 Å². The maximum atomic E-state index is 12.6. The molecule has 2 N–H and O–H groups in total. The number of carbonyl (C=O) groups excluding carboxylic acids is 1. The summed E-state index contributed by atoms with van der Waals surface area (Å²) in [4.78, 5) is 24.5. The van der Waals surface area contributed by atoms with Gasteiger partial charge >= 0.3 is 5.97 Å². The summed E-state index contributed by atoms with van der Waals surface area (Å²) in [7, 11) is 1.59. The lowest BCUT2D eigenvalue weighted by Gasteiger charge is -2.14. The van der Waals surface area contributed by atoms with Crippen molar-refractivity contribution >= 4 is 18.1 Å². The number of carbonyl (C=O) groups is 2. The summed E-state index contributed by atoms with van der Waals surface area (Å²) in [5, 5.41) is 13.7. The Morgan fingerprint density at radius 2 is 1.97 bits per heavy atom. The van der Waals surface area contributed by atoms with Crippen LogP contribution in [-0.4, -0.2) is 34.9 Å². The van der Waals surface area contributed by atoms with Crippen LogP contribution in [0, 0.1) is 13.8 Å². The molecule has 7 nitrogen and oxygen atoms in total. The van der Waals surface area contributed by atoms with E-state index in [1.54, 1.807) is 13.2 Å². The number of benzene rings is 2. The molecule has 2 aromatic carbocycles. The zero-order valence-electron chi connectivity index (χ0n) is 16.9. The highest BCUT2D eigenvalue weighted by molar-refractivity contribution is 5.99. The number of hydrogen-bond donors (Lipinski definition) is 2. The third-order valence-corrected chi connectivity index (χ3v) is 5.33. The summed E-state index contributed by atoms with van der Waals surface area (Å²) in [6.07, 6.45) is 2.18. The first-order chi connectivity index (χ1) is 14.4. The van der Waals surface area contributed by atoms with Gasteiger partial charge in [-0.3, -0.25) is 4.79 Å². The molecular formula is C23H21N3O4. The number of aryl methyl sites for hydroxylation is 1. The van der Waals surface area contributed by atoms with E-state index in [0.29, 0.717) is 23.4 Å². The standard InChI is InChI=1S/C23H21N3O4/c1-13-8-18-9-15-4-5-17(21(10-15)30-3)12-24-25-22(27)16-6-7-19(23(28)29)20(11-16)26(13)14(18)2/h4-8,10-12H,9H2,1-3H3,(H,25,27)(H,28,29)/b24-12+. The van der Waals surface area contributed by atoms with E-state index in [-0.39, 0.29) is 5.56 Å². The second-order valence-electron chi connectivity index (χ2n) is 7.22. The number of hydrazone groups is 1. The molecule has 152 valence electrons. The summed E-state index contributed by atoms with van der Waals surface area (Å²) >= 11 is 0. The van der Waals surface area contributed by atoms with Crippen molar-refractivity contribution < 1.29 is 19.4 Å². The van der Waals surface area contributed by atoms with Crippen LogP contribution in [0.2, 0.25) is 0 Å². The zero-order valence-corrected chi connectivity index (χ0v) is 16.9. The summed E-state index contributed by atoms with van der Waals surface area (Å²) in [6.45, 7) is 3.87. The average molecular weight is 403 g/mol. The van der Waals surface area contributed by atoms with Gasteiger partial charge in [0.05, 0.1) is 24.6 Å². The van der Waals surface area contributed by atoms with Crippen molar-refractivity contribution in [3.63, 3.8) is 0 Å². The molecule has 0 aliphatic carbocycles. The fraction of sp³-hybridized carbons (Fsp3) is 0.174. The van der Waals surface area contributed by atoms with Gasteiger partial charge in [-0.25, -0.2) is 10.2 Å². The van der Waals surface area contributed by atoms with Crippen molar-refractivity contribution in [3.8, 4) is 11.4 Å². The molecule has 0 unspecified atom stereocenters. The molecule has 7 heteroatoms. The number of methoxy groups -OCH3 is 1. The van der Waals surface area contributed by atoms with Gasteiger partial charge in [0.15, 0.2) is 0 Å². The van der Waals surface area contributed by atoms with E-state index in [4.69, 9.17) is 4.74 Å². The predicted molar refractivity (Wildman–Crippen MR) is 113 cm³/mol. The summed E-state index contributed by atoms with van der Waals surface area (Å²) in [5.74, 6) is -0.831. The van der Waals surface area contributed by atoms with Crippen molar-refractivity contribution in [2.24, 2.45) is 5.10 Å². The third kappa shape index (κ3) is 3.34. The number of hydrogen-bond acceptors (Lipinski definition) is 4. The Balaban J connectivity index is 1.97. The van der Waals surface area contributed by atoms with Gasteiger partial charge in [-0.2, -0.15) is 5.10 Å². The molecule has 1 aromatic heterocycles. The number of aromatic carboxylic acids is 1. The van der Waals surface area contributed by atoms with Gasteiger partial charge in [0.1, 0.15) is 5.75 Å². The van der Waals surface area contributed by atoms with Crippen molar-refractivity contribution in [2.75, 3.05) is 7.11 Å². The lowest BCUT2D eigenvalue weighted by Crippen LogP contribution is -2.19. The normalized spacial score (nSPS) is 13.9. The molecule has 1 amide bonds. The smallest absolute Gasteiger partial charge is 0.337 e. The fourth-order valence-corrected chi connectivity index (χ4v) is 3.83. The van der Waals surface area contributed by atoms with Crippen LogP contribution in [-0.2, 0) is 6.42 Å². The van der Waals surface area contributed by atoms with E-state index in [2.05, 4.69) is 10.5 Å². The number of nitrogens with zero attached hydrogens (tertiary/aromatic N) is 2. The van der Waals surface area contributed by atoms with Gasteiger partial charge in [0.25, 0.3) is 5.91 Å². The minimum atomic E-state index is -1.05. The highest BCUT2D eigenvalue weighted by atomic mass is 16.5. The van der Waals surface area contributed by atoms with E-state index < -0.39 is 11.9 Å². The number of carboxylic acid groups (broad SMARTS) is 1. The van der Waals surface area contributed by atoms with Crippen LogP contribution in [0.4, 0.5) is 0 Å². The first kappa shape index (κ1) is 19.4. The Kier molecular flexibility index (Phi) is 4.87. The molecule has 0 fully saturated rings. The van der Waals surface area contributed by atoms with Crippen LogP contribution in [0.15, 0.2) is 47.6 Å². The number of aromatic nitrogens is 1. The Morgan fingerprint density at radius 1 is 1.17 bits per heavy atom. The molecule has 5 rings (SSSR count). The summed E-state index contributed by atoms with van der Waals surface area (Å²) in [6, 6.07) is 12.4. The second kappa shape index (κ2) is 7.51. The number of amides is 1. The Labute approximate surface area is 173 Å². The van der Waals surface area contributed by atoms with Gasteiger partial charge in [0, 0.05) is 22.5 Å². The van der Waals surface area contributed by atoms with Crippen LogP contribution in [0.3, 0.4) is 0 Å². The third-order valence-electron chi connectivity index (χ3n) is 5.33. The molecular weight excluding hydrogens is 382 g/mol. The minimum absolute atomic E-state index is 0.123. The molecule has 2 aliphatic rings. The Bertz CT molecular complexity index is 1210. The molecule has 3 aromatic rings. The van der Waals surface area contributed by atoms with Crippen molar-refractivity contribution in [1.29, 1.82) is 0 Å². The largest absolute Gasteiger partial charge is 0.496 e. The monoisotopic (exact) mass is 403 g/mol. The molecule has 2 aliphatic heterocycles.